The molecule has 2 N–H and O–H groups in total. The van der Waals surface area contributed by atoms with Gasteiger partial charge in [0.1, 0.15) is 0 Å². The lowest BCUT2D eigenvalue weighted by molar-refractivity contribution is -0.120. The Morgan fingerprint density at radius 1 is 1.33 bits per heavy atom. The van der Waals surface area contributed by atoms with Crippen molar-refractivity contribution in [3.63, 3.8) is 0 Å². The predicted molar refractivity (Wildman–Crippen MR) is 78.0 cm³/mol. The summed E-state index contributed by atoms with van der Waals surface area (Å²) in [6.07, 6.45) is 6.64. The average Bonchev–Trinajstić information content (AvgIpc) is 3.25. The van der Waals surface area contributed by atoms with Crippen molar-refractivity contribution in [2.45, 2.75) is 31.3 Å². The first-order valence-electron chi connectivity index (χ1n) is 7.34. The summed E-state index contributed by atoms with van der Waals surface area (Å²) >= 11 is 0. The Kier molecular flexibility index (Phi) is 2.96. The van der Waals surface area contributed by atoms with Crippen molar-refractivity contribution < 1.29 is 4.79 Å². The molecular formula is C15H17N5O. The smallest absolute Gasteiger partial charge is 0.229 e. The molecule has 108 valence electrons. The molecule has 1 aromatic carbocycles. The topological polar surface area (TPSA) is 71.8 Å². The van der Waals surface area contributed by atoms with Crippen molar-refractivity contribution in [1.82, 2.24) is 20.3 Å². The molecule has 0 spiro atoms. The SMILES string of the molecule is O=C(Nc1ccccc1-n1ccnn1)C1CC2CCC1N2. The van der Waals surface area contributed by atoms with Crippen molar-refractivity contribution in [3.8, 4) is 5.69 Å². The molecule has 4 rings (SSSR count). The molecule has 0 saturated carbocycles. The summed E-state index contributed by atoms with van der Waals surface area (Å²) in [6.45, 7) is 0. The van der Waals surface area contributed by atoms with Crippen molar-refractivity contribution in [2.24, 2.45) is 5.92 Å². The lowest BCUT2D eigenvalue weighted by Crippen LogP contribution is -2.33. The molecule has 2 aliphatic rings. The second-order valence-corrected chi connectivity index (χ2v) is 5.74. The molecule has 2 aromatic rings. The Bertz CT molecular complexity index is 654. The van der Waals surface area contributed by atoms with Crippen LogP contribution in [0.2, 0.25) is 0 Å². The first-order valence-corrected chi connectivity index (χ1v) is 7.34. The zero-order valence-corrected chi connectivity index (χ0v) is 11.6. The fourth-order valence-corrected chi connectivity index (χ4v) is 3.46. The van der Waals surface area contributed by atoms with Crippen LogP contribution in [-0.4, -0.2) is 33.0 Å². The quantitative estimate of drug-likeness (QED) is 0.892. The molecule has 3 atom stereocenters. The second-order valence-electron chi connectivity index (χ2n) is 5.74. The highest BCUT2D eigenvalue weighted by Gasteiger charge is 2.42. The predicted octanol–water partition coefficient (Wildman–Crippen LogP) is 1.35. The van der Waals surface area contributed by atoms with E-state index < -0.39 is 0 Å². The number of aromatic nitrogens is 3. The second kappa shape index (κ2) is 4.96. The number of rotatable bonds is 3. The van der Waals surface area contributed by atoms with Crippen molar-refractivity contribution >= 4 is 11.6 Å². The number of hydrogen-bond acceptors (Lipinski definition) is 4. The monoisotopic (exact) mass is 283 g/mol. The van der Waals surface area contributed by atoms with Gasteiger partial charge in [-0.15, -0.1) is 5.10 Å². The van der Waals surface area contributed by atoms with E-state index in [0.717, 1.165) is 24.2 Å². The highest BCUT2D eigenvalue weighted by atomic mass is 16.2. The van der Waals surface area contributed by atoms with E-state index in [1.54, 1.807) is 17.1 Å². The zero-order valence-electron chi connectivity index (χ0n) is 11.6. The van der Waals surface area contributed by atoms with Gasteiger partial charge in [0.2, 0.25) is 5.91 Å². The normalized spacial score (nSPS) is 27.0. The van der Waals surface area contributed by atoms with Crippen LogP contribution in [0.25, 0.3) is 5.69 Å². The Hall–Kier alpha value is -2.21. The summed E-state index contributed by atoms with van der Waals surface area (Å²) in [4.78, 5) is 12.5. The van der Waals surface area contributed by atoms with Gasteiger partial charge in [-0.25, -0.2) is 4.68 Å². The standard InChI is InChI=1S/C15H17N5O/c21-15(11-9-10-5-6-12(11)17-10)18-13-3-1-2-4-14(13)20-8-7-16-19-20/h1-4,7-8,10-12,17H,5-6,9H2,(H,18,21). The van der Waals surface area contributed by atoms with Gasteiger partial charge in [0, 0.05) is 12.1 Å². The lowest BCUT2D eigenvalue weighted by atomic mass is 9.88. The van der Waals surface area contributed by atoms with E-state index >= 15 is 0 Å². The molecule has 2 fully saturated rings. The number of hydrogen-bond donors (Lipinski definition) is 2. The largest absolute Gasteiger partial charge is 0.324 e. The number of para-hydroxylation sites is 2. The van der Waals surface area contributed by atoms with Gasteiger partial charge in [0.05, 0.1) is 29.7 Å². The number of nitrogens with zero attached hydrogens (tertiary/aromatic N) is 3. The van der Waals surface area contributed by atoms with Gasteiger partial charge < -0.3 is 10.6 Å². The van der Waals surface area contributed by atoms with E-state index in [4.69, 9.17) is 0 Å². The Balaban J connectivity index is 1.56. The minimum Gasteiger partial charge on any atom is -0.324 e. The van der Waals surface area contributed by atoms with Gasteiger partial charge in [0.15, 0.2) is 0 Å². The van der Waals surface area contributed by atoms with Gasteiger partial charge in [-0.1, -0.05) is 17.3 Å². The van der Waals surface area contributed by atoms with Gasteiger partial charge >= 0.3 is 0 Å². The molecule has 3 unspecified atom stereocenters. The minimum atomic E-state index is 0.0764. The molecule has 1 aromatic heterocycles. The van der Waals surface area contributed by atoms with Crippen molar-refractivity contribution in [2.75, 3.05) is 5.32 Å². The fourth-order valence-electron chi connectivity index (χ4n) is 3.46. The molecule has 6 nitrogen and oxygen atoms in total. The number of carbonyl (C=O) groups is 1. The lowest BCUT2D eigenvalue weighted by Gasteiger charge is -2.20. The number of amides is 1. The number of anilines is 1. The van der Waals surface area contributed by atoms with Crippen LogP contribution in [0, 0.1) is 5.92 Å². The van der Waals surface area contributed by atoms with Gasteiger partial charge in [-0.05, 0) is 31.4 Å². The third-order valence-corrected chi connectivity index (χ3v) is 4.47. The number of carbonyl (C=O) groups excluding carboxylic acids is 1. The highest BCUT2D eigenvalue weighted by molar-refractivity contribution is 5.95. The number of fused-ring (bicyclic) bond motifs is 2. The molecule has 2 saturated heterocycles. The third kappa shape index (κ3) is 2.21. The Labute approximate surface area is 122 Å². The van der Waals surface area contributed by atoms with Crippen LogP contribution in [0.4, 0.5) is 5.69 Å². The summed E-state index contributed by atoms with van der Waals surface area (Å²) in [7, 11) is 0. The van der Waals surface area contributed by atoms with E-state index in [2.05, 4.69) is 20.9 Å². The van der Waals surface area contributed by atoms with Crippen LogP contribution >= 0.6 is 0 Å². The van der Waals surface area contributed by atoms with Crippen LogP contribution < -0.4 is 10.6 Å². The summed E-state index contributed by atoms with van der Waals surface area (Å²) in [5.74, 6) is 0.176. The zero-order chi connectivity index (χ0) is 14.2. The van der Waals surface area contributed by atoms with E-state index in [0.29, 0.717) is 12.1 Å². The summed E-state index contributed by atoms with van der Waals surface area (Å²) in [5.41, 5.74) is 1.61. The van der Waals surface area contributed by atoms with Crippen molar-refractivity contribution in [3.05, 3.63) is 36.7 Å². The van der Waals surface area contributed by atoms with E-state index in [-0.39, 0.29) is 11.8 Å². The van der Waals surface area contributed by atoms with Crippen LogP contribution in [0.5, 0.6) is 0 Å². The van der Waals surface area contributed by atoms with Gasteiger partial charge in [-0.3, -0.25) is 4.79 Å². The summed E-state index contributed by atoms with van der Waals surface area (Å²) in [6, 6.07) is 8.52. The van der Waals surface area contributed by atoms with Crippen LogP contribution in [0.1, 0.15) is 19.3 Å². The number of benzene rings is 1. The van der Waals surface area contributed by atoms with E-state index in [1.807, 2.05) is 24.3 Å². The molecule has 0 radical (unpaired) electrons. The highest BCUT2D eigenvalue weighted by Crippen LogP contribution is 2.34. The molecule has 21 heavy (non-hydrogen) atoms. The molecule has 2 aliphatic heterocycles. The Morgan fingerprint density at radius 3 is 2.95 bits per heavy atom. The maximum atomic E-state index is 12.5. The van der Waals surface area contributed by atoms with Crippen LogP contribution in [0.15, 0.2) is 36.7 Å². The first kappa shape index (κ1) is 12.5. The van der Waals surface area contributed by atoms with Gasteiger partial charge in [-0.2, -0.15) is 0 Å². The summed E-state index contributed by atoms with van der Waals surface area (Å²) in [5, 5.41) is 14.4. The van der Waals surface area contributed by atoms with Crippen LogP contribution in [-0.2, 0) is 4.79 Å². The van der Waals surface area contributed by atoms with E-state index in [9.17, 15) is 4.79 Å². The molecule has 0 aliphatic carbocycles. The Morgan fingerprint density at radius 2 is 2.24 bits per heavy atom. The van der Waals surface area contributed by atoms with Crippen LogP contribution in [0.3, 0.4) is 0 Å². The van der Waals surface area contributed by atoms with E-state index in [1.165, 1.54) is 6.42 Å². The molecule has 1 amide bonds. The third-order valence-electron chi connectivity index (χ3n) is 4.47. The van der Waals surface area contributed by atoms with Gasteiger partial charge in [0.25, 0.3) is 0 Å². The number of nitrogens with one attached hydrogen (secondary N) is 2. The maximum absolute atomic E-state index is 12.5. The molecule has 3 heterocycles. The molecule has 2 bridgehead atoms. The fraction of sp³-hybridized carbons (Fsp3) is 0.400. The maximum Gasteiger partial charge on any atom is 0.229 e. The van der Waals surface area contributed by atoms with Crippen molar-refractivity contribution in [1.29, 1.82) is 0 Å². The molecular weight excluding hydrogens is 266 g/mol. The molecule has 6 heteroatoms. The average molecular weight is 283 g/mol. The first-order chi connectivity index (χ1) is 10.3. The summed E-state index contributed by atoms with van der Waals surface area (Å²) < 4.78 is 1.66. The minimum absolute atomic E-state index is 0.0764.